The number of hydrogen-bond donors (Lipinski definition) is 4. The molecular formula is C28H26N8O5. The first-order chi connectivity index (χ1) is 19.9. The van der Waals surface area contributed by atoms with Crippen molar-refractivity contribution < 1.29 is 19.1 Å². The molecule has 1 amide bonds. The second kappa shape index (κ2) is 10.7. The van der Waals surface area contributed by atoms with Crippen molar-refractivity contribution in [1.82, 2.24) is 30.0 Å². The van der Waals surface area contributed by atoms with Gasteiger partial charge in [0.25, 0.3) is 5.56 Å². The van der Waals surface area contributed by atoms with Crippen molar-refractivity contribution >= 4 is 39.6 Å². The van der Waals surface area contributed by atoms with Crippen LogP contribution < -0.4 is 31.4 Å². The molecule has 13 heteroatoms. The number of ether oxygens (including phenoxy) is 2. The van der Waals surface area contributed by atoms with Crippen molar-refractivity contribution in [2.75, 3.05) is 18.5 Å². The fraction of sp³-hybridized carbons (Fsp3) is 0.214. The third kappa shape index (κ3) is 5.05. The van der Waals surface area contributed by atoms with Gasteiger partial charge in [0.05, 0.1) is 34.7 Å². The predicted octanol–water partition coefficient (Wildman–Crippen LogP) is 1.44. The molecule has 0 bridgehead atoms. The number of amides is 1. The minimum absolute atomic E-state index is 0.234. The Morgan fingerprint density at radius 3 is 2.66 bits per heavy atom. The number of rotatable bonds is 9. The number of ketones is 1. The van der Waals surface area contributed by atoms with Crippen LogP contribution in [0.4, 0.5) is 5.95 Å². The van der Waals surface area contributed by atoms with E-state index in [2.05, 4.69) is 30.8 Å². The highest BCUT2D eigenvalue weighted by Gasteiger charge is 2.22. The van der Waals surface area contributed by atoms with Gasteiger partial charge >= 0.3 is 0 Å². The van der Waals surface area contributed by atoms with E-state index in [-0.39, 0.29) is 24.0 Å². The SMILES string of the molecule is CC(=O)C(NCc1ccc(-n2c(=O)c3cn[nH]c3c3cnc(NCC4COc5ccccc5O4)nc32)cc1)C(N)=O. The maximum Gasteiger partial charge on any atom is 0.267 e. The van der Waals surface area contributed by atoms with E-state index in [9.17, 15) is 14.4 Å². The molecule has 3 aromatic heterocycles. The van der Waals surface area contributed by atoms with Crippen LogP contribution in [0, 0.1) is 0 Å². The molecule has 41 heavy (non-hydrogen) atoms. The highest BCUT2D eigenvalue weighted by Crippen LogP contribution is 2.31. The summed E-state index contributed by atoms with van der Waals surface area (Å²) in [6, 6.07) is 13.5. The highest BCUT2D eigenvalue weighted by molar-refractivity contribution is 6.03. The number of pyridine rings is 1. The summed E-state index contributed by atoms with van der Waals surface area (Å²) < 4.78 is 13.3. The topological polar surface area (TPSA) is 179 Å². The Bertz CT molecular complexity index is 1820. The van der Waals surface area contributed by atoms with Gasteiger partial charge in [0.1, 0.15) is 18.8 Å². The average molecular weight is 555 g/mol. The largest absolute Gasteiger partial charge is 0.486 e. The van der Waals surface area contributed by atoms with E-state index in [1.54, 1.807) is 30.5 Å². The molecule has 5 N–H and O–H groups in total. The van der Waals surface area contributed by atoms with Crippen LogP contribution >= 0.6 is 0 Å². The third-order valence-electron chi connectivity index (χ3n) is 6.77. The van der Waals surface area contributed by atoms with Gasteiger partial charge in [-0.1, -0.05) is 24.3 Å². The van der Waals surface area contributed by atoms with Gasteiger partial charge in [-0.2, -0.15) is 10.1 Å². The minimum Gasteiger partial charge on any atom is -0.486 e. The Hall–Kier alpha value is -5.30. The number of H-pyrrole nitrogens is 1. The van der Waals surface area contributed by atoms with Gasteiger partial charge in [0, 0.05) is 12.7 Å². The number of nitrogens with two attached hydrogens (primary N) is 1. The van der Waals surface area contributed by atoms with Crippen LogP contribution in [0.5, 0.6) is 11.5 Å². The maximum atomic E-state index is 13.6. The summed E-state index contributed by atoms with van der Waals surface area (Å²) in [5.41, 5.74) is 7.27. The summed E-state index contributed by atoms with van der Waals surface area (Å²) in [4.78, 5) is 45.9. The predicted molar refractivity (Wildman–Crippen MR) is 150 cm³/mol. The van der Waals surface area contributed by atoms with E-state index in [1.807, 2.05) is 24.3 Å². The maximum absolute atomic E-state index is 13.6. The Labute approximate surface area is 232 Å². The van der Waals surface area contributed by atoms with Crippen LogP contribution in [0.3, 0.4) is 0 Å². The molecule has 208 valence electrons. The normalized spacial score (nSPS) is 15.1. The Balaban J connectivity index is 1.29. The summed E-state index contributed by atoms with van der Waals surface area (Å²) >= 11 is 0. The molecule has 1 aliphatic heterocycles. The Kier molecular flexibility index (Phi) is 6.77. The van der Waals surface area contributed by atoms with Crippen molar-refractivity contribution in [1.29, 1.82) is 0 Å². The van der Waals surface area contributed by atoms with E-state index in [1.165, 1.54) is 17.7 Å². The van der Waals surface area contributed by atoms with Crippen molar-refractivity contribution in [2.24, 2.45) is 5.73 Å². The van der Waals surface area contributed by atoms with Gasteiger partial charge < -0.3 is 20.5 Å². The van der Waals surface area contributed by atoms with Crippen molar-refractivity contribution in [3.05, 3.63) is 76.8 Å². The number of aromatic amines is 1. The van der Waals surface area contributed by atoms with Crippen LogP contribution in [-0.2, 0) is 16.1 Å². The zero-order valence-electron chi connectivity index (χ0n) is 22.0. The van der Waals surface area contributed by atoms with Crippen LogP contribution in [0.25, 0.3) is 27.6 Å². The lowest BCUT2D eigenvalue weighted by molar-refractivity contribution is -0.128. The van der Waals surface area contributed by atoms with Gasteiger partial charge in [-0.25, -0.2) is 4.98 Å². The molecule has 4 heterocycles. The lowest BCUT2D eigenvalue weighted by Gasteiger charge is -2.26. The summed E-state index contributed by atoms with van der Waals surface area (Å²) in [5, 5.41) is 14.0. The molecule has 0 saturated carbocycles. The Morgan fingerprint density at radius 1 is 1.12 bits per heavy atom. The molecule has 2 unspecified atom stereocenters. The molecule has 0 saturated heterocycles. The first kappa shape index (κ1) is 26.0. The molecule has 0 fully saturated rings. The summed E-state index contributed by atoms with van der Waals surface area (Å²) in [6.07, 6.45) is 2.85. The molecule has 0 aliphatic carbocycles. The molecule has 6 rings (SSSR count). The molecule has 0 spiro atoms. The molecule has 2 atom stereocenters. The number of nitrogens with zero attached hydrogens (tertiary/aromatic N) is 4. The van der Waals surface area contributed by atoms with E-state index >= 15 is 0 Å². The van der Waals surface area contributed by atoms with E-state index in [0.29, 0.717) is 58.2 Å². The molecule has 1 aliphatic rings. The van der Waals surface area contributed by atoms with E-state index in [0.717, 1.165) is 5.56 Å². The standard InChI is InChI=1S/C28H26N8O5/c1-15(37)23(25(29)38)30-10-16-6-8-17(9-7-16)36-26-19(24-20(27(36)39)13-33-35-24)12-32-28(34-26)31-11-18-14-40-21-4-2-3-5-22(21)41-18/h2-9,12-13,18,23,30H,10-11,14H2,1H3,(H2,29,38)(H,33,35)(H,31,32,34). The average Bonchev–Trinajstić information content (AvgIpc) is 3.47. The zero-order chi connectivity index (χ0) is 28.5. The minimum atomic E-state index is -1.08. The van der Waals surface area contributed by atoms with Gasteiger partial charge in [0.15, 0.2) is 22.9 Å². The number of primary amides is 1. The fourth-order valence-corrected chi connectivity index (χ4v) is 4.71. The first-order valence-electron chi connectivity index (χ1n) is 12.9. The number of benzene rings is 2. The third-order valence-corrected chi connectivity index (χ3v) is 6.77. The number of aromatic nitrogens is 5. The molecule has 5 aromatic rings. The number of Topliss-reactive ketones (excluding diaryl/α,β-unsaturated/α-hetero) is 1. The van der Waals surface area contributed by atoms with E-state index < -0.39 is 11.9 Å². The monoisotopic (exact) mass is 554 g/mol. The first-order valence-corrected chi connectivity index (χ1v) is 12.9. The lowest BCUT2D eigenvalue weighted by atomic mass is 10.1. The van der Waals surface area contributed by atoms with Gasteiger partial charge in [-0.05, 0) is 36.8 Å². The van der Waals surface area contributed by atoms with Gasteiger partial charge in [-0.15, -0.1) is 0 Å². The van der Waals surface area contributed by atoms with Gasteiger partial charge in [0.2, 0.25) is 11.9 Å². The summed E-state index contributed by atoms with van der Waals surface area (Å²) in [6.45, 7) is 2.28. The summed E-state index contributed by atoms with van der Waals surface area (Å²) in [7, 11) is 0. The number of anilines is 1. The second-order valence-electron chi connectivity index (χ2n) is 9.60. The number of hydrogen-bond acceptors (Lipinski definition) is 10. The van der Waals surface area contributed by atoms with Crippen LogP contribution in [0.2, 0.25) is 0 Å². The number of fused-ring (bicyclic) bond motifs is 4. The molecule has 0 radical (unpaired) electrons. The number of carbonyl (C=O) groups is 2. The smallest absolute Gasteiger partial charge is 0.267 e. The van der Waals surface area contributed by atoms with E-state index in [4.69, 9.17) is 15.2 Å². The number of para-hydroxylation sites is 2. The van der Waals surface area contributed by atoms with Crippen LogP contribution in [-0.4, -0.2) is 61.7 Å². The molecule has 2 aromatic carbocycles. The highest BCUT2D eigenvalue weighted by atomic mass is 16.6. The lowest BCUT2D eigenvalue weighted by Crippen LogP contribution is -2.45. The van der Waals surface area contributed by atoms with Gasteiger partial charge in [-0.3, -0.25) is 29.4 Å². The number of nitrogens with one attached hydrogen (secondary N) is 3. The van der Waals surface area contributed by atoms with Crippen LogP contribution in [0.15, 0.2) is 65.7 Å². The second-order valence-corrected chi connectivity index (χ2v) is 9.60. The Morgan fingerprint density at radius 2 is 1.90 bits per heavy atom. The van der Waals surface area contributed by atoms with Crippen molar-refractivity contribution in [3.63, 3.8) is 0 Å². The van der Waals surface area contributed by atoms with Crippen LogP contribution in [0.1, 0.15) is 12.5 Å². The zero-order valence-corrected chi connectivity index (χ0v) is 22.0. The quantitative estimate of drug-likeness (QED) is 0.195. The fourth-order valence-electron chi connectivity index (χ4n) is 4.71. The van der Waals surface area contributed by atoms with Crippen molar-refractivity contribution in [3.8, 4) is 17.2 Å². The van der Waals surface area contributed by atoms with Crippen molar-refractivity contribution in [2.45, 2.75) is 25.6 Å². The summed E-state index contributed by atoms with van der Waals surface area (Å²) in [5.74, 6) is 0.584. The molecular weight excluding hydrogens is 528 g/mol. The number of carbonyl (C=O) groups excluding carboxylic acids is 2. The molecule has 13 nitrogen and oxygen atoms in total.